The summed E-state index contributed by atoms with van der Waals surface area (Å²) in [6, 6.07) is 17.1. The second-order valence-corrected chi connectivity index (χ2v) is 8.02. The normalized spacial score (nSPS) is 11.9. The first-order valence-corrected chi connectivity index (χ1v) is 11.1. The van der Waals surface area contributed by atoms with Gasteiger partial charge in [-0.2, -0.15) is 13.2 Å². The van der Waals surface area contributed by atoms with E-state index in [1.165, 1.54) is 19.2 Å². The van der Waals surface area contributed by atoms with E-state index < -0.39 is 48.3 Å². The fraction of sp³-hybridized carbons (Fsp3) is 0.192. The van der Waals surface area contributed by atoms with Crippen LogP contribution in [0.4, 0.5) is 18.9 Å². The highest BCUT2D eigenvalue weighted by molar-refractivity contribution is 6.33. The molecule has 0 spiro atoms. The van der Waals surface area contributed by atoms with Gasteiger partial charge in [-0.25, -0.2) is 0 Å². The van der Waals surface area contributed by atoms with E-state index in [9.17, 15) is 27.6 Å². The minimum atomic E-state index is -4.61. The molecule has 0 aromatic heterocycles. The van der Waals surface area contributed by atoms with Crippen molar-refractivity contribution in [3.63, 3.8) is 0 Å². The molecule has 188 valence electrons. The minimum Gasteiger partial charge on any atom is -0.497 e. The number of ketones is 1. The summed E-state index contributed by atoms with van der Waals surface area (Å²) in [7, 11) is 1.49. The third kappa shape index (κ3) is 7.08. The van der Waals surface area contributed by atoms with Crippen molar-refractivity contribution >= 4 is 34.9 Å². The van der Waals surface area contributed by atoms with Gasteiger partial charge in [-0.05, 0) is 42.5 Å². The smallest absolute Gasteiger partial charge is 0.416 e. The topological polar surface area (TPSA) is 81.7 Å². The van der Waals surface area contributed by atoms with Crippen molar-refractivity contribution in [3.8, 4) is 5.75 Å². The molecule has 6 nitrogen and oxygen atoms in total. The number of anilines is 1. The van der Waals surface area contributed by atoms with Crippen LogP contribution in [-0.2, 0) is 20.5 Å². The molecule has 3 rings (SSSR count). The summed E-state index contributed by atoms with van der Waals surface area (Å²) in [5, 5.41) is 2.18. The van der Waals surface area contributed by atoms with E-state index in [4.69, 9.17) is 21.1 Å². The van der Waals surface area contributed by atoms with E-state index >= 15 is 0 Å². The predicted molar refractivity (Wildman–Crippen MR) is 127 cm³/mol. The van der Waals surface area contributed by atoms with Gasteiger partial charge in [-0.1, -0.05) is 41.9 Å². The maximum absolute atomic E-state index is 13.1. The SMILES string of the molecule is COc1ccc(C(=O)[C@H](OC(=O)CCC(=O)Nc2cc(C(F)(F)F)ccc2Cl)c2ccccc2)cc1. The third-order valence-electron chi connectivity index (χ3n) is 5.09. The van der Waals surface area contributed by atoms with Crippen molar-refractivity contribution in [2.24, 2.45) is 0 Å². The molecule has 0 fully saturated rings. The Bertz CT molecular complexity index is 1230. The molecule has 3 aromatic rings. The largest absolute Gasteiger partial charge is 0.497 e. The molecule has 1 N–H and O–H groups in total. The average Bonchev–Trinajstić information content (AvgIpc) is 2.87. The second-order valence-electron chi connectivity index (χ2n) is 7.61. The summed E-state index contributed by atoms with van der Waals surface area (Å²) >= 11 is 5.88. The lowest BCUT2D eigenvalue weighted by atomic mass is 9.99. The molecule has 0 radical (unpaired) electrons. The number of hydrogen-bond donors (Lipinski definition) is 1. The highest BCUT2D eigenvalue weighted by Crippen LogP contribution is 2.34. The van der Waals surface area contributed by atoms with Gasteiger partial charge in [0.15, 0.2) is 6.10 Å². The number of methoxy groups -OCH3 is 1. The van der Waals surface area contributed by atoms with E-state index in [0.29, 0.717) is 17.4 Å². The first-order valence-electron chi connectivity index (χ1n) is 10.7. The van der Waals surface area contributed by atoms with Crippen LogP contribution in [0.15, 0.2) is 72.8 Å². The van der Waals surface area contributed by atoms with Gasteiger partial charge in [-0.15, -0.1) is 0 Å². The summed E-state index contributed by atoms with van der Waals surface area (Å²) in [5.41, 5.74) is -0.493. The Balaban J connectivity index is 1.67. The molecule has 1 atom stereocenters. The monoisotopic (exact) mass is 519 g/mol. The van der Waals surface area contributed by atoms with E-state index in [-0.39, 0.29) is 16.3 Å². The van der Waals surface area contributed by atoms with Crippen molar-refractivity contribution in [3.05, 3.63) is 94.5 Å². The van der Waals surface area contributed by atoms with Crippen LogP contribution in [-0.4, -0.2) is 24.8 Å². The highest BCUT2D eigenvalue weighted by atomic mass is 35.5. The zero-order chi connectivity index (χ0) is 26.3. The number of amides is 1. The number of hydrogen-bond acceptors (Lipinski definition) is 5. The van der Waals surface area contributed by atoms with Gasteiger partial charge in [0.25, 0.3) is 0 Å². The highest BCUT2D eigenvalue weighted by Gasteiger charge is 2.31. The van der Waals surface area contributed by atoms with Gasteiger partial charge in [0.1, 0.15) is 5.75 Å². The van der Waals surface area contributed by atoms with Gasteiger partial charge < -0.3 is 14.8 Å². The van der Waals surface area contributed by atoms with Gasteiger partial charge in [0.05, 0.1) is 29.8 Å². The lowest BCUT2D eigenvalue weighted by molar-refractivity contribution is -0.148. The molecule has 10 heteroatoms. The van der Waals surface area contributed by atoms with E-state index in [1.54, 1.807) is 42.5 Å². The van der Waals surface area contributed by atoms with Crippen LogP contribution >= 0.6 is 11.6 Å². The van der Waals surface area contributed by atoms with Crippen molar-refractivity contribution in [1.82, 2.24) is 0 Å². The standard InChI is InChI=1S/C26H21ClF3NO5/c1-35-19-10-7-16(8-11-19)24(34)25(17-5-3-2-4-6-17)36-23(33)14-13-22(32)31-21-15-18(26(28,29)30)9-12-20(21)27/h2-12,15,25H,13-14H2,1H3,(H,31,32)/t25-/m1/s1. The number of nitrogens with one attached hydrogen (secondary N) is 1. The molecule has 0 unspecified atom stereocenters. The van der Waals surface area contributed by atoms with Crippen LogP contribution in [0.25, 0.3) is 0 Å². The van der Waals surface area contributed by atoms with Crippen LogP contribution in [0.2, 0.25) is 5.02 Å². The Hall–Kier alpha value is -3.85. The molecule has 1 amide bonds. The molecular weight excluding hydrogens is 499 g/mol. The van der Waals surface area contributed by atoms with Gasteiger partial charge >= 0.3 is 12.1 Å². The average molecular weight is 520 g/mol. The Kier molecular flexibility index (Phi) is 8.71. The summed E-state index contributed by atoms with van der Waals surface area (Å²) in [6.07, 6.45) is -6.68. The van der Waals surface area contributed by atoms with Crippen molar-refractivity contribution in [1.29, 1.82) is 0 Å². The number of halogens is 4. The number of carbonyl (C=O) groups excluding carboxylic acids is 3. The van der Waals surface area contributed by atoms with Gasteiger partial charge in [0, 0.05) is 17.5 Å². The first-order chi connectivity index (χ1) is 17.1. The second kappa shape index (κ2) is 11.7. The quantitative estimate of drug-likeness (QED) is 0.267. The number of alkyl halides is 3. The minimum absolute atomic E-state index is 0.0897. The molecule has 3 aromatic carbocycles. The lowest BCUT2D eigenvalue weighted by Gasteiger charge is -2.18. The summed E-state index contributed by atoms with van der Waals surface area (Å²) in [5.74, 6) is -1.51. The summed E-state index contributed by atoms with van der Waals surface area (Å²) < 4.78 is 49.3. The predicted octanol–water partition coefficient (Wildman–Crippen LogP) is 6.25. The number of Topliss-reactive ketones (excluding diaryl/α,β-unsaturated/α-hetero) is 1. The molecular formula is C26H21ClF3NO5. The lowest BCUT2D eigenvalue weighted by Crippen LogP contribution is -2.21. The molecule has 0 aliphatic rings. The van der Waals surface area contributed by atoms with E-state index in [2.05, 4.69) is 5.32 Å². The first kappa shape index (κ1) is 26.7. The molecule has 0 heterocycles. The molecule has 0 bridgehead atoms. The zero-order valence-corrected chi connectivity index (χ0v) is 19.7. The maximum atomic E-state index is 13.1. The van der Waals surface area contributed by atoms with Crippen LogP contribution in [0.1, 0.15) is 40.4 Å². The van der Waals surface area contributed by atoms with Crippen molar-refractivity contribution < 1.29 is 37.0 Å². The van der Waals surface area contributed by atoms with Crippen LogP contribution in [0.5, 0.6) is 5.75 Å². The van der Waals surface area contributed by atoms with Crippen LogP contribution < -0.4 is 10.1 Å². The maximum Gasteiger partial charge on any atom is 0.416 e. The summed E-state index contributed by atoms with van der Waals surface area (Å²) in [4.78, 5) is 37.9. The number of benzene rings is 3. The Labute approximate surface area is 210 Å². The van der Waals surface area contributed by atoms with E-state index in [1.807, 2.05) is 0 Å². The molecule has 0 aliphatic heterocycles. The Morgan fingerprint density at radius 2 is 1.61 bits per heavy atom. The van der Waals surface area contributed by atoms with Crippen LogP contribution in [0.3, 0.4) is 0 Å². The zero-order valence-electron chi connectivity index (χ0n) is 19.0. The summed E-state index contributed by atoms with van der Waals surface area (Å²) in [6.45, 7) is 0. The van der Waals surface area contributed by atoms with Gasteiger partial charge in [-0.3, -0.25) is 14.4 Å². The van der Waals surface area contributed by atoms with Crippen molar-refractivity contribution in [2.75, 3.05) is 12.4 Å². The molecule has 0 saturated carbocycles. The van der Waals surface area contributed by atoms with Crippen molar-refractivity contribution in [2.45, 2.75) is 25.1 Å². The Morgan fingerprint density at radius 1 is 0.944 bits per heavy atom. The fourth-order valence-electron chi connectivity index (χ4n) is 3.22. The molecule has 0 aliphatic carbocycles. The number of carbonyl (C=O) groups is 3. The molecule has 0 saturated heterocycles. The Morgan fingerprint density at radius 3 is 2.22 bits per heavy atom. The number of esters is 1. The number of rotatable bonds is 9. The van der Waals surface area contributed by atoms with Gasteiger partial charge in [0.2, 0.25) is 11.7 Å². The van der Waals surface area contributed by atoms with E-state index in [0.717, 1.165) is 12.1 Å². The third-order valence-corrected chi connectivity index (χ3v) is 5.42. The fourth-order valence-corrected chi connectivity index (χ4v) is 3.39. The number of ether oxygens (including phenoxy) is 2. The molecule has 36 heavy (non-hydrogen) atoms. The van der Waals surface area contributed by atoms with Crippen LogP contribution in [0, 0.1) is 0 Å².